The maximum atomic E-state index is 13.5. The Labute approximate surface area is 202 Å². The molecule has 2 unspecified atom stereocenters. The zero-order valence-corrected chi connectivity index (χ0v) is 20.1. The summed E-state index contributed by atoms with van der Waals surface area (Å²) in [6, 6.07) is 28.1. The van der Waals surface area contributed by atoms with Crippen LogP contribution >= 0.6 is 0 Å². The smallest absolute Gasteiger partial charge is 0.224 e. The number of amides is 1. The number of para-hydroxylation sites is 1. The molecule has 1 amide bonds. The van der Waals surface area contributed by atoms with Crippen LogP contribution < -0.4 is 5.32 Å². The molecule has 1 aliphatic rings. The Bertz CT molecular complexity index is 1330. The molecule has 1 aliphatic carbocycles. The Hall–Kier alpha value is -3.31. The molecule has 1 saturated carbocycles. The van der Waals surface area contributed by atoms with E-state index in [2.05, 4.69) is 17.4 Å². The second-order valence-electron chi connectivity index (χ2n) is 8.99. The molecule has 4 aromatic rings. The molecule has 3 aromatic carbocycles. The molecular formula is C29H28N2O2S. The molecule has 172 valence electrons. The largest absolute Gasteiger partial charge is 0.349 e. The number of carbonyl (C=O) groups excluding carboxylic acids is 1. The van der Waals surface area contributed by atoms with Crippen LogP contribution in [0.25, 0.3) is 22.2 Å². The number of nitrogens with zero attached hydrogens (tertiary/aromatic N) is 1. The van der Waals surface area contributed by atoms with E-state index < -0.39 is 10.8 Å². The van der Waals surface area contributed by atoms with Crippen molar-refractivity contribution in [3.05, 3.63) is 102 Å². The summed E-state index contributed by atoms with van der Waals surface area (Å²) in [4.78, 5) is 18.4. The van der Waals surface area contributed by atoms with Gasteiger partial charge in [-0.15, -0.1) is 0 Å². The lowest BCUT2D eigenvalue weighted by molar-refractivity contribution is -0.121. The van der Waals surface area contributed by atoms with E-state index in [1.807, 2.05) is 72.8 Å². The van der Waals surface area contributed by atoms with Gasteiger partial charge in [0, 0.05) is 28.0 Å². The minimum absolute atomic E-state index is 0.0146. The molecule has 5 rings (SSSR count). The number of aromatic nitrogens is 1. The second-order valence-corrected chi connectivity index (χ2v) is 10.4. The molecule has 0 saturated heterocycles. The quantitative estimate of drug-likeness (QED) is 0.367. The molecular weight excluding hydrogens is 440 g/mol. The van der Waals surface area contributed by atoms with Gasteiger partial charge in [-0.25, -0.2) is 4.98 Å². The molecule has 1 heterocycles. The lowest BCUT2D eigenvalue weighted by Crippen LogP contribution is -2.31. The summed E-state index contributed by atoms with van der Waals surface area (Å²) in [5, 5.41) is 4.26. The normalized spacial score (nSPS) is 15.1. The number of pyridine rings is 1. The van der Waals surface area contributed by atoms with Crippen LogP contribution in [0.1, 0.15) is 35.6 Å². The molecule has 4 nitrogen and oxygen atoms in total. The van der Waals surface area contributed by atoms with Crippen LogP contribution in [0, 0.1) is 5.92 Å². The molecule has 0 spiro atoms. The zero-order chi connectivity index (χ0) is 23.5. The van der Waals surface area contributed by atoms with E-state index in [-0.39, 0.29) is 18.4 Å². The van der Waals surface area contributed by atoms with Crippen LogP contribution in [0.15, 0.2) is 84.9 Å². The highest BCUT2D eigenvalue weighted by atomic mass is 32.2. The zero-order valence-electron chi connectivity index (χ0n) is 19.2. The first-order valence-corrected chi connectivity index (χ1v) is 13.4. The van der Waals surface area contributed by atoms with Crippen molar-refractivity contribution in [1.82, 2.24) is 10.3 Å². The lowest BCUT2D eigenvalue weighted by atomic mass is 9.95. The molecule has 0 aliphatic heterocycles. The van der Waals surface area contributed by atoms with E-state index in [0.29, 0.717) is 11.7 Å². The Kier molecular flexibility index (Phi) is 6.54. The highest BCUT2D eigenvalue weighted by Gasteiger charge is 2.33. The van der Waals surface area contributed by atoms with Crippen molar-refractivity contribution in [2.24, 2.45) is 5.92 Å². The van der Waals surface area contributed by atoms with Crippen LogP contribution in [-0.4, -0.2) is 21.4 Å². The summed E-state index contributed by atoms with van der Waals surface area (Å²) in [5.41, 5.74) is 5.58. The fourth-order valence-electron chi connectivity index (χ4n) is 4.66. The summed E-state index contributed by atoms with van der Waals surface area (Å²) in [6.45, 7) is 0. The Morgan fingerprint density at radius 1 is 0.941 bits per heavy atom. The molecule has 5 heteroatoms. The first kappa shape index (κ1) is 22.5. The number of hydrogen-bond acceptors (Lipinski definition) is 3. The predicted molar refractivity (Wildman–Crippen MR) is 139 cm³/mol. The lowest BCUT2D eigenvalue weighted by Gasteiger charge is -2.21. The number of hydrogen-bond donors (Lipinski definition) is 1. The van der Waals surface area contributed by atoms with Crippen molar-refractivity contribution < 1.29 is 9.00 Å². The van der Waals surface area contributed by atoms with Gasteiger partial charge in [-0.1, -0.05) is 78.9 Å². The van der Waals surface area contributed by atoms with Crippen molar-refractivity contribution in [3.8, 4) is 11.3 Å². The molecule has 1 aromatic heterocycles. The molecule has 2 atom stereocenters. The fraction of sp³-hybridized carbons (Fsp3) is 0.241. The van der Waals surface area contributed by atoms with E-state index in [1.165, 1.54) is 0 Å². The van der Waals surface area contributed by atoms with Gasteiger partial charge >= 0.3 is 0 Å². The van der Waals surface area contributed by atoms with Gasteiger partial charge in [0.15, 0.2) is 0 Å². The molecule has 1 fully saturated rings. The monoisotopic (exact) mass is 468 g/mol. The SMILES string of the molecule is CS(=O)Cc1c(-c2ccccc2)nc2ccccc2c1CC(=O)NC(c1ccccc1)C1CC1. The van der Waals surface area contributed by atoms with Crippen molar-refractivity contribution in [2.75, 3.05) is 6.26 Å². The first-order chi connectivity index (χ1) is 16.6. The van der Waals surface area contributed by atoms with Crippen LogP contribution in [0.5, 0.6) is 0 Å². The van der Waals surface area contributed by atoms with Crippen LogP contribution in [0.4, 0.5) is 0 Å². The van der Waals surface area contributed by atoms with Gasteiger partial charge in [0.25, 0.3) is 0 Å². The fourth-order valence-corrected chi connectivity index (χ4v) is 5.38. The number of nitrogens with one attached hydrogen (secondary N) is 1. The van der Waals surface area contributed by atoms with Gasteiger partial charge in [0.1, 0.15) is 0 Å². The Morgan fingerprint density at radius 3 is 2.26 bits per heavy atom. The molecule has 0 radical (unpaired) electrons. The summed E-state index contributed by atoms with van der Waals surface area (Å²) >= 11 is 0. The maximum Gasteiger partial charge on any atom is 0.224 e. The minimum atomic E-state index is -1.08. The summed E-state index contributed by atoms with van der Waals surface area (Å²) in [5.74, 6) is 0.831. The number of fused-ring (bicyclic) bond motifs is 1. The topological polar surface area (TPSA) is 59.1 Å². The van der Waals surface area contributed by atoms with Gasteiger partial charge in [-0.2, -0.15) is 0 Å². The molecule has 0 bridgehead atoms. The number of carbonyl (C=O) groups is 1. The average molecular weight is 469 g/mol. The van der Waals surface area contributed by atoms with Crippen LogP contribution in [0.2, 0.25) is 0 Å². The number of benzene rings is 3. The van der Waals surface area contributed by atoms with E-state index >= 15 is 0 Å². The highest BCUT2D eigenvalue weighted by Crippen LogP contribution is 2.41. The Morgan fingerprint density at radius 2 is 1.59 bits per heavy atom. The van der Waals surface area contributed by atoms with Crippen molar-refractivity contribution in [3.63, 3.8) is 0 Å². The third-order valence-corrected chi connectivity index (χ3v) is 7.11. The second kappa shape index (κ2) is 9.90. The van der Waals surface area contributed by atoms with E-state index in [4.69, 9.17) is 4.98 Å². The third-order valence-electron chi connectivity index (χ3n) is 6.41. The molecule has 34 heavy (non-hydrogen) atoms. The highest BCUT2D eigenvalue weighted by molar-refractivity contribution is 7.83. The van der Waals surface area contributed by atoms with E-state index in [1.54, 1.807) is 6.26 Å². The van der Waals surface area contributed by atoms with E-state index in [0.717, 1.165) is 51.7 Å². The van der Waals surface area contributed by atoms with Gasteiger partial charge in [0.05, 0.1) is 29.4 Å². The average Bonchev–Trinajstić information content (AvgIpc) is 3.70. The van der Waals surface area contributed by atoms with Gasteiger partial charge in [-0.05, 0) is 41.5 Å². The summed E-state index contributed by atoms with van der Waals surface area (Å²) in [6.07, 6.45) is 4.20. The van der Waals surface area contributed by atoms with Crippen molar-refractivity contribution in [2.45, 2.75) is 31.1 Å². The van der Waals surface area contributed by atoms with E-state index in [9.17, 15) is 9.00 Å². The van der Waals surface area contributed by atoms with Crippen molar-refractivity contribution >= 4 is 27.6 Å². The molecule has 1 N–H and O–H groups in total. The minimum Gasteiger partial charge on any atom is -0.349 e. The van der Waals surface area contributed by atoms with Gasteiger partial charge in [-0.3, -0.25) is 9.00 Å². The van der Waals surface area contributed by atoms with Crippen molar-refractivity contribution in [1.29, 1.82) is 0 Å². The predicted octanol–water partition coefficient (Wildman–Crippen LogP) is 5.59. The van der Waals surface area contributed by atoms with Gasteiger partial charge in [0.2, 0.25) is 5.91 Å². The maximum absolute atomic E-state index is 13.5. The Balaban J connectivity index is 1.56. The third kappa shape index (κ3) is 4.95. The summed E-state index contributed by atoms with van der Waals surface area (Å²) in [7, 11) is -1.08. The first-order valence-electron chi connectivity index (χ1n) is 11.7. The van der Waals surface area contributed by atoms with Crippen LogP contribution in [0.3, 0.4) is 0 Å². The van der Waals surface area contributed by atoms with Gasteiger partial charge < -0.3 is 5.32 Å². The van der Waals surface area contributed by atoms with Crippen LogP contribution in [-0.2, 0) is 27.8 Å². The number of rotatable bonds is 8. The standard InChI is InChI=1S/C29H28N2O2S/c1-34(33)19-25-24(18-27(32)31-28(22-16-17-22)20-10-4-2-5-11-20)23-14-8-9-15-26(23)30-29(25)21-12-6-3-7-13-21/h2-15,22,28H,16-19H2,1H3,(H,31,32). The summed E-state index contributed by atoms with van der Waals surface area (Å²) < 4.78 is 12.4.